The van der Waals surface area contributed by atoms with Crippen LogP contribution in [0.3, 0.4) is 0 Å². The fourth-order valence-electron chi connectivity index (χ4n) is 6.69. The Hall–Kier alpha value is -4.11. The van der Waals surface area contributed by atoms with Crippen molar-refractivity contribution in [1.29, 1.82) is 0 Å². The number of likely N-dealkylation sites (tertiary alicyclic amines) is 1. The predicted molar refractivity (Wildman–Crippen MR) is 165 cm³/mol. The van der Waals surface area contributed by atoms with Crippen LogP contribution in [-0.2, 0) is 17.8 Å². The largest absolute Gasteiger partial charge is 0.356 e. The average molecular weight is 584 g/mol. The van der Waals surface area contributed by atoms with Crippen molar-refractivity contribution in [3.05, 3.63) is 71.6 Å². The second-order valence-corrected chi connectivity index (χ2v) is 11.8. The van der Waals surface area contributed by atoms with Gasteiger partial charge in [0.25, 0.3) is 0 Å². The first-order valence-electron chi connectivity index (χ1n) is 14.8. The van der Waals surface area contributed by atoms with Gasteiger partial charge in [-0.1, -0.05) is 48.0 Å². The number of aromatic nitrogens is 3. The standard InChI is InChI=1S/C32H34ClN7O2/c33-26-9-3-2-8-24(26)25-19-39(31-29(25)30(34-21-35-31)38-14-5-6-15-38)20-28(41)37-16-12-23(13-17-37)40-18-11-22-7-1-4-10-27(22)36-32(40)42/h1-4,7-10,19,21,23H,5-6,11-18,20H2,(H,36,42). The number of piperidine rings is 1. The van der Waals surface area contributed by atoms with E-state index < -0.39 is 0 Å². The highest BCUT2D eigenvalue weighted by molar-refractivity contribution is 6.33. The first-order chi connectivity index (χ1) is 20.6. The number of anilines is 2. The highest BCUT2D eigenvalue weighted by Crippen LogP contribution is 2.39. The summed E-state index contributed by atoms with van der Waals surface area (Å²) in [7, 11) is 0. The summed E-state index contributed by atoms with van der Waals surface area (Å²) in [6, 6.07) is 15.8. The van der Waals surface area contributed by atoms with E-state index in [0.29, 0.717) is 24.7 Å². The van der Waals surface area contributed by atoms with Crippen molar-refractivity contribution in [2.24, 2.45) is 0 Å². The Bertz CT molecular complexity index is 1640. The number of carbonyl (C=O) groups excluding carboxylic acids is 2. The number of rotatable bonds is 5. The molecule has 5 heterocycles. The lowest BCUT2D eigenvalue weighted by Crippen LogP contribution is -2.50. The molecule has 3 aliphatic rings. The lowest BCUT2D eigenvalue weighted by molar-refractivity contribution is -0.133. The van der Waals surface area contributed by atoms with Crippen LogP contribution in [0.1, 0.15) is 31.2 Å². The molecule has 0 unspecified atom stereocenters. The van der Waals surface area contributed by atoms with E-state index >= 15 is 0 Å². The smallest absolute Gasteiger partial charge is 0.322 e. The van der Waals surface area contributed by atoms with Crippen molar-refractivity contribution < 1.29 is 9.59 Å². The summed E-state index contributed by atoms with van der Waals surface area (Å²) < 4.78 is 1.95. The molecule has 0 bridgehead atoms. The van der Waals surface area contributed by atoms with Crippen LogP contribution in [0.5, 0.6) is 0 Å². The summed E-state index contributed by atoms with van der Waals surface area (Å²) in [5.41, 5.74) is 4.64. The van der Waals surface area contributed by atoms with Crippen molar-refractivity contribution in [3.63, 3.8) is 0 Å². The highest BCUT2D eigenvalue weighted by atomic mass is 35.5. The molecule has 42 heavy (non-hydrogen) atoms. The Morgan fingerprint density at radius 1 is 0.929 bits per heavy atom. The minimum absolute atomic E-state index is 0.0464. The number of nitrogens with one attached hydrogen (secondary N) is 1. The van der Waals surface area contributed by atoms with E-state index in [1.165, 1.54) is 0 Å². The molecule has 2 aromatic carbocycles. The molecular weight excluding hydrogens is 550 g/mol. The Labute approximate surface area is 250 Å². The van der Waals surface area contributed by atoms with Crippen LogP contribution in [0.2, 0.25) is 5.02 Å². The van der Waals surface area contributed by atoms with E-state index in [1.807, 2.05) is 63.0 Å². The summed E-state index contributed by atoms with van der Waals surface area (Å²) in [4.78, 5) is 42.2. The van der Waals surface area contributed by atoms with Gasteiger partial charge in [0.15, 0.2) is 0 Å². The third kappa shape index (κ3) is 4.96. The minimum Gasteiger partial charge on any atom is -0.356 e. The van der Waals surface area contributed by atoms with Gasteiger partial charge in [-0.2, -0.15) is 0 Å². The van der Waals surface area contributed by atoms with Crippen molar-refractivity contribution in [3.8, 4) is 11.1 Å². The van der Waals surface area contributed by atoms with E-state index in [1.54, 1.807) is 6.33 Å². The van der Waals surface area contributed by atoms with E-state index in [9.17, 15) is 9.59 Å². The molecular formula is C32H34ClN7O2. The Morgan fingerprint density at radius 3 is 2.50 bits per heavy atom. The van der Waals surface area contributed by atoms with E-state index in [4.69, 9.17) is 16.6 Å². The number of urea groups is 1. The van der Waals surface area contributed by atoms with Gasteiger partial charge in [0.2, 0.25) is 5.91 Å². The molecule has 4 aromatic rings. The van der Waals surface area contributed by atoms with Crippen LogP contribution >= 0.6 is 11.6 Å². The van der Waals surface area contributed by atoms with Crippen LogP contribution in [-0.4, -0.2) is 75.0 Å². The molecule has 10 heteroatoms. The third-order valence-electron chi connectivity index (χ3n) is 8.91. The lowest BCUT2D eigenvalue weighted by atomic mass is 10.0. The van der Waals surface area contributed by atoms with Crippen molar-refractivity contribution in [1.82, 2.24) is 24.3 Å². The Balaban J connectivity index is 1.10. The number of nitrogens with zero attached hydrogens (tertiary/aromatic N) is 6. The molecule has 0 radical (unpaired) electrons. The topological polar surface area (TPSA) is 86.6 Å². The fourth-order valence-corrected chi connectivity index (χ4v) is 6.93. The zero-order chi connectivity index (χ0) is 28.6. The summed E-state index contributed by atoms with van der Waals surface area (Å²) >= 11 is 6.66. The van der Waals surface area contributed by atoms with Gasteiger partial charge in [-0.05, 0) is 49.8 Å². The minimum atomic E-state index is -0.0517. The summed E-state index contributed by atoms with van der Waals surface area (Å²) in [6.07, 6.45) is 8.21. The van der Waals surface area contributed by atoms with Crippen LogP contribution in [0.4, 0.5) is 16.3 Å². The summed E-state index contributed by atoms with van der Waals surface area (Å²) in [6.45, 7) is 4.00. The maximum absolute atomic E-state index is 13.6. The second kappa shape index (κ2) is 11.3. The SMILES string of the molecule is O=C(Cn1cc(-c2ccccc2Cl)c2c(N3CCCC3)ncnc21)N1CCC(N2CCc3ccccc3NC2=O)CC1. The number of hydrogen-bond donors (Lipinski definition) is 1. The first kappa shape index (κ1) is 26.8. The van der Waals surface area contributed by atoms with Crippen LogP contribution in [0, 0.1) is 0 Å². The highest BCUT2D eigenvalue weighted by Gasteiger charge is 2.32. The molecule has 2 saturated heterocycles. The van der Waals surface area contributed by atoms with Crippen LogP contribution in [0.25, 0.3) is 22.2 Å². The molecule has 0 saturated carbocycles. The molecule has 1 N–H and O–H groups in total. The maximum atomic E-state index is 13.6. The molecule has 3 aliphatic heterocycles. The molecule has 216 valence electrons. The Kier molecular flexibility index (Phi) is 7.19. The van der Waals surface area contributed by atoms with Crippen molar-refractivity contribution in [2.45, 2.75) is 44.7 Å². The molecule has 2 aromatic heterocycles. The normalized spacial score (nSPS) is 17.8. The van der Waals surface area contributed by atoms with Crippen LogP contribution in [0.15, 0.2) is 61.1 Å². The predicted octanol–water partition coefficient (Wildman–Crippen LogP) is 5.43. The number of carbonyl (C=O) groups is 2. The summed E-state index contributed by atoms with van der Waals surface area (Å²) in [5.74, 6) is 0.947. The lowest BCUT2D eigenvalue weighted by Gasteiger charge is -2.38. The van der Waals surface area contributed by atoms with E-state index in [-0.39, 0.29) is 24.5 Å². The number of halogens is 1. The monoisotopic (exact) mass is 583 g/mol. The number of fused-ring (bicyclic) bond motifs is 2. The molecule has 0 atom stereocenters. The second-order valence-electron chi connectivity index (χ2n) is 11.4. The number of benzene rings is 2. The van der Waals surface area contributed by atoms with Crippen molar-refractivity contribution in [2.75, 3.05) is 42.9 Å². The summed E-state index contributed by atoms with van der Waals surface area (Å²) in [5, 5.41) is 4.67. The third-order valence-corrected chi connectivity index (χ3v) is 9.24. The Morgan fingerprint density at radius 2 is 1.69 bits per heavy atom. The number of amides is 3. The zero-order valence-electron chi connectivity index (χ0n) is 23.5. The zero-order valence-corrected chi connectivity index (χ0v) is 24.3. The van der Waals surface area contributed by atoms with Gasteiger partial charge in [-0.15, -0.1) is 0 Å². The van der Waals surface area contributed by atoms with E-state index in [0.717, 1.165) is 84.4 Å². The molecule has 2 fully saturated rings. The maximum Gasteiger partial charge on any atom is 0.322 e. The molecule has 9 nitrogen and oxygen atoms in total. The van der Waals surface area contributed by atoms with Crippen LogP contribution < -0.4 is 10.2 Å². The van der Waals surface area contributed by atoms with Gasteiger partial charge in [-0.25, -0.2) is 14.8 Å². The number of para-hydroxylation sites is 1. The van der Waals surface area contributed by atoms with Gasteiger partial charge in [-0.3, -0.25) is 4.79 Å². The molecule has 0 aliphatic carbocycles. The number of hydrogen-bond acceptors (Lipinski definition) is 5. The first-order valence-corrected chi connectivity index (χ1v) is 15.2. The molecule has 7 rings (SSSR count). The van der Waals surface area contributed by atoms with Gasteiger partial charge in [0, 0.05) is 66.8 Å². The van der Waals surface area contributed by atoms with Gasteiger partial charge >= 0.3 is 6.03 Å². The fraction of sp³-hybridized carbons (Fsp3) is 0.375. The van der Waals surface area contributed by atoms with Crippen molar-refractivity contribution >= 4 is 46.1 Å². The quantitative estimate of drug-likeness (QED) is 0.338. The van der Waals surface area contributed by atoms with Gasteiger partial charge < -0.3 is 24.6 Å². The van der Waals surface area contributed by atoms with Gasteiger partial charge in [0.05, 0.1) is 5.39 Å². The van der Waals surface area contributed by atoms with Gasteiger partial charge in [0.1, 0.15) is 24.3 Å². The molecule has 3 amide bonds. The molecule has 0 spiro atoms. The van der Waals surface area contributed by atoms with E-state index in [2.05, 4.69) is 21.3 Å². The average Bonchev–Trinajstić information content (AvgIpc) is 3.64.